The van der Waals surface area contributed by atoms with Crippen molar-refractivity contribution in [3.8, 4) is 11.3 Å². The number of hydrogen-bond donors (Lipinski definition) is 1. The van der Waals surface area contributed by atoms with Crippen LogP contribution < -0.4 is 5.32 Å². The Morgan fingerprint density at radius 1 is 1.12 bits per heavy atom. The van der Waals surface area contributed by atoms with E-state index < -0.39 is 0 Å². The van der Waals surface area contributed by atoms with Crippen LogP contribution in [0.25, 0.3) is 22.2 Å². The van der Waals surface area contributed by atoms with E-state index in [1.54, 1.807) is 25.3 Å². The van der Waals surface area contributed by atoms with E-state index in [2.05, 4.69) is 26.3 Å². The Balaban J connectivity index is 1.64. The summed E-state index contributed by atoms with van der Waals surface area (Å²) >= 11 is 6.47. The Morgan fingerprint density at radius 2 is 1.97 bits per heavy atom. The number of anilines is 1. The maximum atomic E-state index is 12.9. The normalized spacial score (nSPS) is 12.1. The van der Waals surface area contributed by atoms with Crippen molar-refractivity contribution in [1.29, 1.82) is 0 Å². The Labute approximate surface area is 196 Å². The number of nitrogens with one attached hydrogen (secondary N) is 1. The largest absolute Gasteiger partial charge is 0.364 e. The van der Waals surface area contributed by atoms with Crippen molar-refractivity contribution in [3.05, 3.63) is 76.7 Å². The van der Waals surface area contributed by atoms with Crippen LogP contribution in [-0.4, -0.2) is 46.1 Å². The lowest BCUT2D eigenvalue weighted by Gasteiger charge is -2.17. The summed E-state index contributed by atoms with van der Waals surface area (Å²) in [6.45, 7) is 0.439. The molecule has 0 bridgehead atoms. The number of hydrogen-bond acceptors (Lipinski definition) is 6. The van der Waals surface area contributed by atoms with E-state index >= 15 is 0 Å². The van der Waals surface area contributed by atoms with Crippen molar-refractivity contribution in [3.63, 3.8) is 0 Å². The lowest BCUT2D eigenvalue weighted by atomic mass is 9.98. The van der Waals surface area contributed by atoms with Gasteiger partial charge < -0.3 is 10.2 Å². The molecule has 0 saturated carbocycles. The minimum absolute atomic E-state index is 0.0893. The number of rotatable bonds is 5. The first kappa shape index (κ1) is 21.0. The number of aliphatic imine (C=N–C) groups is 1. The number of benzene rings is 2. The summed E-state index contributed by atoms with van der Waals surface area (Å²) in [6, 6.07) is 15.2. The van der Waals surface area contributed by atoms with Gasteiger partial charge in [-0.1, -0.05) is 41.9 Å². The Morgan fingerprint density at radius 3 is 2.82 bits per heavy atom. The third-order valence-corrected chi connectivity index (χ3v) is 5.85. The molecule has 1 aliphatic rings. The zero-order chi connectivity index (χ0) is 22.9. The molecule has 0 spiro atoms. The third-order valence-electron chi connectivity index (χ3n) is 5.54. The molecule has 1 amide bonds. The van der Waals surface area contributed by atoms with Crippen molar-refractivity contribution in [2.75, 3.05) is 19.4 Å². The Kier molecular flexibility index (Phi) is 5.48. The van der Waals surface area contributed by atoms with Gasteiger partial charge in [0, 0.05) is 49.8 Å². The highest BCUT2D eigenvalue weighted by Gasteiger charge is 2.20. The first-order chi connectivity index (χ1) is 16.0. The number of pyridine rings is 1. The molecule has 2 aromatic heterocycles. The summed E-state index contributed by atoms with van der Waals surface area (Å²) < 4.78 is 0. The number of aromatic nitrogens is 3. The van der Waals surface area contributed by atoms with Gasteiger partial charge in [-0.05, 0) is 23.8 Å². The molecule has 0 radical (unpaired) electrons. The SMILES string of the molecule is CN(C)C(=O)c1ccccc1-c1nc2c(Cl)cccc2cc1CNc1ncnc2c1N=CC2. The third kappa shape index (κ3) is 3.91. The van der Waals surface area contributed by atoms with E-state index in [9.17, 15) is 4.79 Å². The second-order valence-electron chi connectivity index (χ2n) is 7.94. The van der Waals surface area contributed by atoms with Gasteiger partial charge in [-0.3, -0.25) is 9.79 Å². The van der Waals surface area contributed by atoms with Gasteiger partial charge in [-0.15, -0.1) is 0 Å². The van der Waals surface area contributed by atoms with Crippen LogP contribution in [0.4, 0.5) is 11.5 Å². The van der Waals surface area contributed by atoms with Gasteiger partial charge in [-0.25, -0.2) is 15.0 Å². The van der Waals surface area contributed by atoms with Crippen molar-refractivity contribution in [2.45, 2.75) is 13.0 Å². The van der Waals surface area contributed by atoms with Gasteiger partial charge in [0.2, 0.25) is 0 Å². The summed E-state index contributed by atoms with van der Waals surface area (Å²) in [7, 11) is 3.48. The van der Waals surface area contributed by atoms with E-state index in [-0.39, 0.29) is 5.91 Å². The van der Waals surface area contributed by atoms with Crippen LogP contribution in [0.1, 0.15) is 21.6 Å². The van der Waals surface area contributed by atoms with E-state index in [0.29, 0.717) is 40.6 Å². The average Bonchev–Trinajstić information content (AvgIpc) is 3.31. The number of carbonyl (C=O) groups is 1. The molecule has 33 heavy (non-hydrogen) atoms. The van der Waals surface area contributed by atoms with Crippen molar-refractivity contribution in [2.24, 2.45) is 4.99 Å². The number of carbonyl (C=O) groups excluding carboxylic acids is 1. The molecular formula is C25H21ClN6O. The highest BCUT2D eigenvalue weighted by molar-refractivity contribution is 6.35. The number of amides is 1. The summed E-state index contributed by atoms with van der Waals surface area (Å²) in [4.78, 5) is 32.5. The first-order valence-corrected chi connectivity index (χ1v) is 10.9. The molecule has 3 heterocycles. The second kappa shape index (κ2) is 8.60. The lowest BCUT2D eigenvalue weighted by molar-refractivity contribution is 0.0828. The Hall–Kier alpha value is -3.84. The number of nitrogens with zero attached hydrogens (tertiary/aromatic N) is 5. The van der Waals surface area contributed by atoms with Crippen LogP contribution in [0.15, 0.2) is 59.9 Å². The molecular weight excluding hydrogens is 436 g/mol. The van der Waals surface area contributed by atoms with E-state index in [0.717, 1.165) is 27.9 Å². The standard InChI is InChI=1S/C25H21ClN6O/c1-32(2)25(33)18-8-4-3-7-17(18)21-16(12-15-6-5-9-19(26)22(15)31-21)13-28-24-23-20(10-11-27-23)29-14-30-24/h3-9,11-12,14H,10,13H2,1-2H3,(H,28,29,30). The van der Waals surface area contributed by atoms with E-state index in [1.165, 1.54) is 0 Å². The molecule has 0 aliphatic carbocycles. The smallest absolute Gasteiger partial charge is 0.254 e. The first-order valence-electron chi connectivity index (χ1n) is 10.5. The molecule has 0 fully saturated rings. The molecule has 164 valence electrons. The lowest BCUT2D eigenvalue weighted by Crippen LogP contribution is -2.22. The maximum Gasteiger partial charge on any atom is 0.254 e. The van der Waals surface area contributed by atoms with Gasteiger partial charge in [-0.2, -0.15) is 0 Å². The van der Waals surface area contributed by atoms with Crippen LogP contribution in [0.3, 0.4) is 0 Å². The molecule has 7 nitrogen and oxygen atoms in total. The highest BCUT2D eigenvalue weighted by atomic mass is 35.5. The summed E-state index contributed by atoms with van der Waals surface area (Å²) in [6.07, 6.45) is 4.08. The molecule has 8 heteroatoms. The fourth-order valence-corrected chi connectivity index (χ4v) is 4.15. The quantitative estimate of drug-likeness (QED) is 0.461. The van der Waals surface area contributed by atoms with Crippen molar-refractivity contribution < 1.29 is 4.79 Å². The molecule has 2 aromatic carbocycles. The minimum atomic E-state index is -0.0893. The monoisotopic (exact) mass is 456 g/mol. The van der Waals surface area contributed by atoms with Gasteiger partial charge >= 0.3 is 0 Å². The molecule has 4 aromatic rings. The maximum absolute atomic E-state index is 12.9. The zero-order valence-electron chi connectivity index (χ0n) is 18.2. The van der Waals surface area contributed by atoms with E-state index in [1.807, 2.05) is 48.7 Å². The molecule has 5 rings (SSSR count). The number of halogens is 1. The average molecular weight is 457 g/mol. The summed E-state index contributed by atoms with van der Waals surface area (Å²) in [5.74, 6) is 0.581. The van der Waals surface area contributed by atoms with Gasteiger partial charge in [0.1, 0.15) is 12.0 Å². The fraction of sp³-hybridized carbons (Fsp3) is 0.160. The van der Waals surface area contributed by atoms with Crippen LogP contribution in [0, 0.1) is 0 Å². The Bertz CT molecular complexity index is 1420. The molecule has 1 N–H and O–H groups in total. The van der Waals surface area contributed by atoms with Crippen LogP contribution >= 0.6 is 11.6 Å². The molecule has 1 aliphatic heterocycles. The predicted molar refractivity (Wildman–Crippen MR) is 131 cm³/mol. The fourth-order valence-electron chi connectivity index (χ4n) is 3.92. The minimum Gasteiger partial charge on any atom is -0.364 e. The van der Waals surface area contributed by atoms with Crippen LogP contribution in [0.5, 0.6) is 0 Å². The van der Waals surface area contributed by atoms with Crippen molar-refractivity contribution >= 4 is 46.1 Å². The van der Waals surface area contributed by atoms with Gasteiger partial charge in [0.25, 0.3) is 5.91 Å². The zero-order valence-corrected chi connectivity index (χ0v) is 19.0. The number of fused-ring (bicyclic) bond motifs is 2. The molecule has 0 saturated heterocycles. The van der Waals surface area contributed by atoms with Crippen molar-refractivity contribution in [1.82, 2.24) is 19.9 Å². The number of para-hydroxylation sites is 1. The molecule has 0 atom stereocenters. The molecule has 0 unspecified atom stereocenters. The second-order valence-corrected chi connectivity index (χ2v) is 8.35. The predicted octanol–water partition coefficient (Wildman–Crippen LogP) is 4.92. The highest BCUT2D eigenvalue weighted by Crippen LogP contribution is 2.33. The topological polar surface area (TPSA) is 83.4 Å². The summed E-state index contributed by atoms with van der Waals surface area (Å²) in [5.41, 5.74) is 5.30. The van der Waals surface area contributed by atoms with Gasteiger partial charge in [0.05, 0.1) is 21.9 Å². The summed E-state index contributed by atoms with van der Waals surface area (Å²) in [5, 5.41) is 4.87. The van der Waals surface area contributed by atoms with Crippen LogP contribution in [0.2, 0.25) is 5.02 Å². The van der Waals surface area contributed by atoms with Crippen LogP contribution in [-0.2, 0) is 13.0 Å². The van der Waals surface area contributed by atoms with E-state index in [4.69, 9.17) is 16.6 Å². The van der Waals surface area contributed by atoms with Gasteiger partial charge in [0.15, 0.2) is 5.82 Å².